The van der Waals surface area contributed by atoms with Crippen molar-refractivity contribution >= 4 is 21.9 Å². The number of aryl methyl sites for hydroxylation is 1. The zero-order valence-electron chi connectivity index (χ0n) is 16.7. The van der Waals surface area contributed by atoms with Gasteiger partial charge in [-0.25, -0.2) is 4.39 Å². The van der Waals surface area contributed by atoms with Gasteiger partial charge in [-0.1, -0.05) is 11.2 Å². The van der Waals surface area contributed by atoms with Crippen LogP contribution >= 0.6 is 0 Å². The van der Waals surface area contributed by atoms with E-state index in [-0.39, 0.29) is 5.82 Å². The quantitative estimate of drug-likeness (QED) is 0.468. The van der Waals surface area contributed by atoms with Crippen LogP contribution in [-0.2, 0) is 6.54 Å². The molecule has 0 saturated carbocycles. The minimum Gasteiger partial charge on any atom is -0.356 e. The highest BCUT2D eigenvalue weighted by molar-refractivity contribution is 5.81. The Bertz CT molecular complexity index is 1230. The highest BCUT2D eigenvalue weighted by Crippen LogP contribution is 2.32. The van der Waals surface area contributed by atoms with Crippen LogP contribution in [0.5, 0.6) is 0 Å². The second-order valence-electron chi connectivity index (χ2n) is 8.07. The van der Waals surface area contributed by atoms with E-state index in [1.807, 2.05) is 18.2 Å². The Hall–Kier alpha value is -3.17. The minimum atomic E-state index is -0.292. The fraction of sp³-hybridized carbons (Fsp3) is 0.333. The summed E-state index contributed by atoms with van der Waals surface area (Å²) in [7, 11) is 0. The fourth-order valence-electron chi connectivity index (χ4n) is 4.57. The number of piperidine rings is 1. The van der Waals surface area contributed by atoms with Crippen molar-refractivity contribution in [2.75, 3.05) is 19.6 Å². The summed E-state index contributed by atoms with van der Waals surface area (Å²) in [6, 6.07) is 14.8. The van der Waals surface area contributed by atoms with Crippen molar-refractivity contribution in [2.45, 2.75) is 31.7 Å². The first-order valence-corrected chi connectivity index (χ1v) is 10.5. The van der Waals surface area contributed by atoms with Crippen LogP contribution in [0.25, 0.3) is 21.9 Å². The molecule has 1 saturated heterocycles. The lowest BCUT2D eigenvalue weighted by molar-refractivity contribution is 0.204. The molecule has 5 nitrogen and oxygen atoms in total. The number of hydrogen-bond donors (Lipinski definition) is 0. The van der Waals surface area contributed by atoms with Gasteiger partial charge in [-0.3, -0.25) is 0 Å². The minimum absolute atomic E-state index is 0.292. The van der Waals surface area contributed by atoms with Gasteiger partial charge in [0.2, 0.25) is 0 Å². The van der Waals surface area contributed by atoms with Gasteiger partial charge in [0.1, 0.15) is 5.82 Å². The number of benzene rings is 2. The Balaban J connectivity index is 1.17. The molecule has 1 aliphatic rings. The van der Waals surface area contributed by atoms with E-state index in [2.05, 4.69) is 33.0 Å². The molecule has 1 fully saturated rings. The van der Waals surface area contributed by atoms with Gasteiger partial charge in [-0.2, -0.15) is 5.26 Å². The largest absolute Gasteiger partial charge is 0.356 e. The molecule has 6 heteroatoms. The zero-order chi connectivity index (χ0) is 20.5. The molecule has 0 atom stereocenters. The molecule has 2 aromatic carbocycles. The summed E-state index contributed by atoms with van der Waals surface area (Å²) in [4.78, 5) is 2.50. The van der Waals surface area contributed by atoms with Crippen molar-refractivity contribution < 1.29 is 8.91 Å². The molecule has 0 radical (unpaired) electrons. The van der Waals surface area contributed by atoms with Crippen molar-refractivity contribution in [3.8, 4) is 6.07 Å². The third-order valence-electron chi connectivity index (χ3n) is 6.21. The molecule has 5 rings (SSSR count). The fourth-order valence-corrected chi connectivity index (χ4v) is 4.57. The standard InChI is InChI=1S/C24H23FN4O/c25-20-4-5-21-23(15-20)30-27-24(21)19-6-11-28(12-7-19)9-1-10-29-13-8-18-3-2-17(16-26)14-22(18)29/h2-5,8,13-15,19H,1,6-7,9-12H2. The molecule has 1 aliphatic heterocycles. The van der Waals surface area contributed by atoms with E-state index in [1.54, 1.807) is 6.07 Å². The lowest BCUT2D eigenvalue weighted by Gasteiger charge is -2.31. The van der Waals surface area contributed by atoms with Crippen LogP contribution < -0.4 is 0 Å². The van der Waals surface area contributed by atoms with Crippen molar-refractivity contribution in [2.24, 2.45) is 0 Å². The van der Waals surface area contributed by atoms with Gasteiger partial charge in [-0.15, -0.1) is 0 Å². The van der Waals surface area contributed by atoms with Gasteiger partial charge < -0.3 is 14.0 Å². The lowest BCUT2D eigenvalue weighted by atomic mass is 9.91. The van der Waals surface area contributed by atoms with Crippen LogP contribution in [0.15, 0.2) is 53.2 Å². The molecular formula is C24H23FN4O. The van der Waals surface area contributed by atoms with Crippen molar-refractivity contribution in [1.82, 2.24) is 14.6 Å². The molecular weight excluding hydrogens is 379 g/mol. The lowest BCUT2D eigenvalue weighted by Crippen LogP contribution is -2.34. The average molecular weight is 402 g/mol. The molecule has 2 aromatic heterocycles. The number of fused-ring (bicyclic) bond motifs is 2. The molecule has 0 bridgehead atoms. The Morgan fingerprint density at radius 3 is 2.80 bits per heavy atom. The molecule has 0 unspecified atom stereocenters. The number of aromatic nitrogens is 2. The van der Waals surface area contributed by atoms with Crippen molar-refractivity contribution in [3.63, 3.8) is 0 Å². The number of hydrogen-bond acceptors (Lipinski definition) is 4. The van der Waals surface area contributed by atoms with E-state index in [0.717, 1.165) is 62.0 Å². The van der Waals surface area contributed by atoms with Gasteiger partial charge in [0.25, 0.3) is 0 Å². The molecule has 3 heterocycles. The van der Waals surface area contributed by atoms with Gasteiger partial charge in [0.05, 0.1) is 17.3 Å². The average Bonchev–Trinajstić information content (AvgIpc) is 3.37. The second kappa shape index (κ2) is 7.92. The summed E-state index contributed by atoms with van der Waals surface area (Å²) >= 11 is 0. The Kier molecular flexibility index (Phi) is 4.97. The zero-order valence-corrected chi connectivity index (χ0v) is 16.7. The van der Waals surface area contributed by atoms with E-state index in [9.17, 15) is 4.39 Å². The van der Waals surface area contributed by atoms with Crippen LogP contribution in [0.3, 0.4) is 0 Å². The number of likely N-dealkylation sites (tertiary alicyclic amines) is 1. The highest BCUT2D eigenvalue weighted by Gasteiger charge is 2.25. The topological polar surface area (TPSA) is 58.0 Å². The van der Waals surface area contributed by atoms with Gasteiger partial charge >= 0.3 is 0 Å². The number of rotatable bonds is 5. The summed E-state index contributed by atoms with van der Waals surface area (Å²) < 4.78 is 21.0. The first-order valence-electron chi connectivity index (χ1n) is 10.5. The maximum Gasteiger partial charge on any atom is 0.170 e. The van der Waals surface area contributed by atoms with Crippen LogP contribution in [0, 0.1) is 17.1 Å². The molecule has 30 heavy (non-hydrogen) atoms. The molecule has 0 amide bonds. The molecule has 0 spiro atoms. The normalized spacial score (nSPS) is 15.7. The van der Waals surface area contributed by atoms with Gasteiger partial charge in [-0.05, 0) is 74.6 Å². The van der Waals surface area contributed by atoms with Crippen LogP contribution in [-0.4, -0.2) is 34.3 Å². The summed E-state index contributed by atoms with van der Waals surface area (Å²) in [5.41, 5.74) is 3.33. The third kappa shape index (κ3) is 3.57. The monoisotopic (exact) mass is 402 g/mol. The number of nitrogens with zero attached hydrogens (tertiary/aromatic N) is 4. The summed E-state index contributed by atoms with van der Waals surface area (Å²) in [5, 5.41) is 15.5. The molecule has 0 aliphatic carbocycles. The highest BCUT2D eigenvalue weighted by atomic mass is 19.1. The van der Waals surface area contributed by atoms with E-state index in [4.69, 9.17) is 9.78 Å². The van der Waals surface area contributed by atoms with E-state index in [1.165, 1.54) is 17.5 Å². The summed E-state index contributed by atoms with van der Waals surface area (Å²) in [6.07, 6.45) is 5.25. The maximum absolute atomic E-state index is 13.4. The van der Waals surface area contributed by atoms with Crippen LogP contribution in [0.1, 0.15) is 36.4 Å². The van der Waals surface area contributed by atoms with E-state index < -0.39 is 0 Å². The molecule has 0 N–H and O–H groups in total. The predicted molar refractivity (Wildman–Crippen MR) is 114 cm³/mol. The third-order valence-corrected chi connectivity index (χ3v) is 6.21. The van der Waals surface area contributed by atoms with Gasteiger partial charge in [0, 0.05) is 35.6 Å². The van der Waals surface area contributed by atoms with Crippen LogP contribution in [0.4, 0.5) is 4.39 Å². The first-order chi connectivity index (χ1) is 14.7. The molecule has 4 aromatic rings. The summed E-state index contributed by atoms with van der Waals surface area (Å²) in [5.74, 6) is 0.0742. The predicted octanol–water partition coefficient (Wildman–Crippen LogP) is 5.06. The van der Waals surface area contributed by atoms with Gasteiger partial charge in [0.15, 0.2) is 5.58 Å². The second-order valence-corrected chi connectivity index (χ2v) is 8.07. The summed E-state index contributed by atoms with van der Waals surface area (Å²) in [6.45, 7) is 4.06. The maximum atomic E-state index is 13.4. The first kappa shape index (κ1) is 18.8. The van der Waals surface area contributed by atoms with E-state index >= 15 is 0 Å². The van der Waals surface area contributed by atoms with Crippen molar-refractivity contribution in [1.29, 1.82) is 5.26 Å². The van der Waals surface area contributed by atoms with Crippen LogP contribution in [0.2, 0.25) is 0 Å². The van der Waals surface area contributed by atoms with Crippen molar-refractivity contribution in [3.05, 3.63) is 65.7 Å². The Labute approximate surface area is 174 Å². The number of halogens is 1. The van der Waals surface area contributed by atoms with E-state index in [0.29, 0.717) is 17.1 Å². The smallest absolute Gasteiger partial charge is 0.170 e. The SMILES string of the molecule is N#Cc1ccc2ccn(CCCN3CCC(c4noc5cc(F)ccc45)CC3)c2c1. The molecule has 152 valence electrons. The number of nitriles is 1. The Morgan fingerprint density at radius 1 is 1.10 bits per heavy atom. The Morgan fingerprint density at radius 2 is 1.97 bits per heavy atom.